The molecule has 4 heteroatoms. The summed E-state index contributed by atoms with van der Waals surface area (Å²) in [5, 5.41) is 6.23. The minimum absolute atomic E-state index is 0.00819. The molecule has 86 valence electrons. The van der Waals surface area contributed by atoms with E-state index in [2.05, 4.69) is 10.6 Å². The summed E-state index contributed by atoms with van der Waals surface area (Å²) in [4.78, 5) is 11.5. The van der Waals surface area contributed by atoms with Crippen LogP contribution in [0.25, 0.3) is 0 Å². The number of benzene rings is 1. The van der Waals surface area contributed by atoms with Crippen molar-refractivity contribution in [3.8, 4) is 5.75 Å². The van der Waals surface area contributed by atoms with Crippen LogP contribution < -0.4 is 15.4 Å². The van der Waals surface area contributed by atoms with Crippen LogP contribution >= 0.6 is 0 Å². The van der Waals surface area contributed by atoms with E-state index in [4.69, 9.17) is 4.74 Å². The Hall–Kier alpha value is -1.55. The Balaban J connectivity index is 2.24. The number of para-hydroxylation sites is 1. The molecule has 1 atom stereocenters. The number of ether oxygens (including phenoxy) is 1. The van der Waals surface area contributed by atoms with Crippen LogP contribution in [0.2, 0.25) is 0 Å². The van der Waals surface area contributed by atoms with Crippen molar-refractivity contribution in [2.75, 3.05) is 20.2 Å². The average molecular weight is 220 g/mol. The fraction of sp³-hybridized carbons (Fsp3) is 0.417. The normalized spacial score (nSPS) is 21.1. The fourth-order valence-corrected chi connectivity index (χ4v) is 1.91. The predicted molar refractivity (Wildman–Crippen MR) is 61.4 cm³/mol. The van der Waals surface area contributed by atoms with Gasteiger partial charge in [-0.05, 0) is 6.07 Å². The second kappa shape index (κ2) is 4.99. The quantitative estimate of drug-likeness (QED) is 0.776. The van der Waals surface area contributed by atoms with Gasteiger partial charge in [0, 0.05) is 25.1 Å². The zero-order valence-corrected chi connectivity index (χ0v) is 9.32. The third-order valence-corrected chi connectivity index (χ3v) is 2.73. The van der Waals surface area contributed by atoms with Gasteiger partial charge in [0.15, 0.2) is 0 Å². The van der Waals surface area contributed by atoms with Crippen LogP contribution in [0.4, 0.5) is 0 Å². The van der Waals surface area contributed by atoms with Gasteiger partial charge in [0.05, 0.1) is 13.2 Å². The van der Waals surface area contributed by atoms with E-state index < -0.39 is 0 Å². The lowest BCUT2D eigenvalue weighted by Gasteiger charge is -2.18. The Kier molecular flexibility index (Phi) is 3.41. The van der Waals surface area contributed by atoms with Crippen molar-refractivity contribution in [2.24, 2.45) is 0 Å². The Labute approximate surface area is 95.0 Å². The summed E-state index contributed by atoms with van der Waals surface area (Å²) in [6, 6.07) is 7.76. The van der Waals surface area contributed by atoms with Crippen molar-refractivity contribution in [3.05, 3.63) is 29.8 Å². The zero-order valence-electron chi connectivity index (χ0n) is 9.32. The molecule has 1 heterocycles. The lowest BCUT2D eigenvalue weighted by Crippen LogP contribution is -2.30. The molecule has 0 aliphatic carbocycles. The molecule has 0 spiro atoms. The molecular weight excluding hydrogens is 204 g/mol. The van der Waals surface area contributed by atoms with Crippen LogP contribution in [0.15, 0.2) is 24.3 Å². The average Bonchev–Trinajstić information content (AvgIpc) is 2.54. The highest BCUT2D eigenvalue weighted by Crippen LogP contribution is 2.24. The number of carbonyl (C=O) groups excluding carboxylic acids is 1. The highest BCUT2D eigenvalue weighted by Gasteiger charge is 2.20. The molecule has 1 unspecified atom stereocenters. The van der Waals surface area contributed by atoms with Crippen LogP contribution in [0, 0.1) is 0 Å². The summed E-state index contributed by atoms with van der Waals surface area (Å²) in [7, 11) is 1.64. The van der Waals surface area contributed by atoms with Crippen molar-refractivity contribution in [3.63, 3.8) is 0 Å². The number of hydrogen-bond donors (Lipinski definition) is 2. The molecule has 1 aromatic carbocycles. The molecule has 1 saturated heterocycles. The number of hydrogen-bond acceptors (Lipinski definition) is 3. The molecule has 4 nitrogen and oxygen atoms in total. The van der Waals surface area contributed by atoms with Crippen molar-refractivity contribution in [1.29, 1.82) is 0 Å². The smallest absolute Gasteiger partial charge is 0.221 e. The van der Waals surface area contributed by atoms with E-state index >= 15 is 0 Å². The van der Waals surface area contributed by atoms with Crippen LogP contribution in [0.5, 0.6) is 5.75 Å². The Morgan fingerprint density at radius 1 is 1.38 bits per heavy atom. The molecule has 0 saturated carbocycles. The number of nitrogens with one attached hydrogen (secondary N) is 2. The molecule has 1 aliphatic heterocycles. The maximum absolute atomic E-state index is 11.5. The molecule has 0 aromatic heterocycles. The molecule has 2 rings (SSSR count). The van der Waals surface area contributed by atoms with Crippen LogP contribution in [-0.4, -0.2) is 26.1 Å². The van der Waals surface area contributed by atoms with Gasteiger partial charge in [0.25, 0.3) is 0 Å². The van der Waals surface area contributed by atoms with E-state index in [0.717, 1.165) is 24.4 Å². The van der Waals surface area contributed by atoms with Gasteiger partial charge in [-0.1, -0.05) is 18.2 Å². The van der Waals surface area contributed by atoms with Gasteiger partial charge in [0.1, 0.15) is 5.75 Å². The number of amides is 1. The molecule has 0 radical (unpaired) electrons. The van der Waals surface area contributed by atoms with Crippen molar-refractivity contribution in [2.45, 2.75) is 12.5 Å². The van der Waals surface area contributed by atoms with Gasteiger partial charge in [0.2, 0.25) is 5.91 Å². The van der Waals surface area contributed by atoms with E-state index in [0.29, 0.717) is 6.42 Å². The van der Waals surface area contributed by atoms with Crippen molar-refractivity contribution in [1.82, 2.24) is 10.6 Å². The standard InChI is InChI=1S/C12H16N2O2/c1-16-11-5-3-2-4-9(11)10-8-13-7-6-12(15)14-10/h2-5,10,13H,6-8H2,1H3,(H,14,15). The first-order valence-electron chi connectivity index (χ1n) is 5.44. The zero-order chi connectivity index (χ0) is 11.4. The monoisotopic (exact) mass is 220 g/mol. The maximum Gasteiger partial charge on any atom is 0.221 e. The fourth-order valence-electron chi connectivity index (χ4n) is 1.91. The summed E-state index contributed by atoms with van der Waals surface area (Å²) in [6.07, 6.45) is 0.533. The Bertz CT molecular complexity index is 379. The lowest BCUT2D eigenvalue weighted by atomic mass is 10.1. The van der Waals surface area contributed by atoms with Gasteiger partial charge in [-0.3, -0.25) is 4.79 Å². The van der Waals surface area contributed by atoms with E-state index in [1.807, 2.05) is 24.3 Å². The molecule has 1 aromatic rings. The lowest BCUT2D eigenvalue weighted by molar-refractivity contribution is -0.121. The van der Waals surface area contributed by atoms with Gasteiger partial charge < -0.3 is 15.4 Å². The third-order valence-electron chi connectivity index (χ3n) is 2.73. The van der Waals surface area contributed by atoms with Crippen molar-refractivity contribution < 1.29 is 9.53 Å². The minimum Gasteiger partial charge on any atom is -0.496 e. The molecule has 1 fully saturated rings. The number of methoxy groups -OCH3 is 1. The Morgan fingerprint density at radius 3 is 3.00 bits per heavy atom. The number of rotatable bonds is 2. The van der Waals surface area contributed by atoms with E-state index in [-0.39, 0.29) is 11.9 Å². The topological polar surface area (TPSA) is 50.4 Å². The first kappa shape index (κ1) is 11.0. The highest BCUT2D eigenvalue weighted by atomic mass is 16.5. The van der Waals surface area contributed by atoms with E-state index in [9.17, 15) is 4.79 Å². The van der Waals surface area contributed by atoms with Gasteiger partial charge >= 0.3 is 0 Å². The first-order valence-corrected chi connectivity index (χ1v) is 5.44. The summed E-state index contributed by atoms with van der Waals surface area (Å²) >= 11 is 0. The molecule has 1 amide bonds. The summed E-state index contributed by atoms with van der Waals surface area (Å²) < 4.78 is 5.30. The van der Waals surface area contributed by atoms with Crippen LogP contribution in [0.3, 0.4) is 0 Å². The summed E-state index contributed by atoms with van der Waals surface area (Å²) in [5.41, 5.74) is 1.02. The number of carbonyl (C=O) groups is 1. The minimum atomic E-state index is -0.00819. The molecule has 16 heavy (non-hydrogen) atoms. The van der Waals surface area contributed by atoms with Crippen LogP contribution in [-0.2, 0) is 4.79 Å². The summed E-state index contributed by atoms with van der Waals surface area (Å²) in [5.74, 6) is 0.900. The molecule has 2 N–H and O–H groups in total. The van der Waals surface area contributed by atoms with Crippen molar-refractivity contribution >= 4 is 5.91 Å². The molecule has 1 aliphatic rings. The first-order chi connectivity index (χ1) is 7.81. The third kappa shape index (κ3) is 2.33. The Morgan fingerprint density at radius 2 is 2.19 bits per heavy atom. The van der Waals surface area contributed by atoms with Gasteiger partial charge in [-0.2, -0.15) is 0 Å². The highest BCUT2D eigenvalue weighted by molar-refractivity contribution is 5.77. The largest absolute Gasteiger partial charge is 0.496 e. The molecule has 0 bridgehead atoms. The second-order valence-electron chi connectivity index (χ2n) is 3.82. The van der Waals surface area contributed by atoms with Crippen LogP contribution in [0.1, 0.15) is 18.0 Å². The molecular formula is C12H16N2O2. The summed E-state index contributed by atoms with van der Waals surface area (Å²) in [6.45, 7) is 1.48. The maximum atomic E-state index is 11.5. The van der Waals surface area contributed by atoms with Gasteiger partial charge in [-0.25, -0.2) is 0 Å². The SMILES string of the molecule is COc1ccccc1C1CNCCC(=O)N1. The second-order valence-corrected chi connectivity index (χ2v) is 3.82. The predicted octanol–water partition coefficient (Wildman–Crippen LogP) is 0.846. The van der Waals surface area contributed by atoms with Gasteiger partial charge in [-0.15, -0.1) is 0 Å². The van der Waals surface area contributed by atoms with E-state index in [1.165, 1.54) is 0 Å². The van der Waals surface area contributed by atoms with E-state index in [1.54, 1.807) is 7.11 Å².